The van der Waals surface area contributed by atoms with Crippen LogP contribution >= 0.6 is 12.4 Å². The van der Waals surface area contributed by atoms with Crippen molar-refractivity contribution in [3.63, 3.8) is 0 Å². The lowest BCUT2D eigenvalue weighted by molar-refractivity contribution is 0.0783. The summed E-state index contributed by atoms with van der Waals surface area (Å²) >= 11 is 0. The molecule has 0 saturated carbocycles. The molecule has 0 aliphatic carbocycles. The van der Waals surface area contributed by atoms with Gasteiger partial charge < -0.3 is 10.6 Å². The molecular formula is C18H27ClN4O2. The molecule has 0 saturated heterocycles. The minimum atomic E-state index is -0.255. The number of benzene rings is 1. The summed E-state index contributed by atoms with van der Waals surface area (Å²) in [6.07, 6.45) is 0.725. The van der Waals surface area contributed by atoms with E-state index in [4.69, 9.17) is 5.73 Å². The summed E-state index contributed by atoms with van der Waals surface area (Å²) in [5.74, 6) is 0.157. The number of nitrogens with zero attached hydrogens (tertiary/aromatic N) is 2. The number of carbonyl (C=O) groups excluding carboxylic acids is 1. The third-order valence-corrected chi connectivity index (χ3v) is 4.24. The lowest BCUT2D eigenvalue weighted by atomic mass is 10.0. The molecule has 0 bridgehead atoms. The van der Waals surface area contributed by atoms with E-state index < -0.39 is 0 Å². The van der Waals surface area contributed by atoms with Crippen molar-refractivity contribution in [3.05, 3.63) is 51.9 Å². The van der Waals surface area contributed by atoms with E-state index in [-0.39, 0.29) is 35.6 Å². The van der Waals surface area contributed by atoms with Gasteiger partial charge in [0, 0.05) is 25.7 Å². The SMILES string of the molecule is Cc1ccc(-n2[nH]c(C(=O)N(C)CCC(N)C(C)C)cc2=O)cc1.Cl. The van der Waals surface area contributed by atoms with Gasteiger partial charge in [0.05, 0.1) is 5.69 Å². The highest BCUT2D eigenvalue weighted by molar-refractivity contribution is 5.92. The second kappa shape index (κ2) is 8.87. The molecule has 1 aromatic carbocycles. The van der Waals surface area contributed by atoms with Gasteiger partial charge in [-0.15, -0.1) is 12.4 Å². The van der Waals surface area contributed by atoms with E-state index in [0.29, 0.717) is 18.2 Å². The largest absolute Gasteiger partial charge is 0.340 e. The van der Waals surface area contributed by atoms with E-state index >= 15 is 0 Å². The highest BCUT2D eigenvalue weighted by atomic mass is 35.5. The number of hydrogen-bond donors (Lipinski definition) is 2. The smallest absolute Gasteiger partial charge is 0.271 e. The van der Waals surface area contributed by atoms with E-state index in [9.17, 15) is 9.59 Å². The van der Waals surface area contributed by atoms with Gasteiger partial charge >= 0.3 is 0 Å². The number of amides is 1. The second-order valence-electron chi connectivity index (χ2n) is 6.60. The predicted octanol–water partition coefficient (Wildman–Crippen LogP) is 2.34. The van der Waals surface area contributed by atoms with Crippen molar-refractivity contribution < 1.29 is 4.79 Å². The number of aromatic nitrogens is 2. The number of carbonyl (C=O) groups is 1. The molecule has 1 amide bonds. The fraction of sp³-hybridized carbons (Fsp3) is 0.444. The van der Waals surface area contributed by atoms with Gasteiger partial charge in [0.1, 0.15) is 5.69 Å². The van der Waals surface area contributed by atoms with E-state index in [1.807, 2.05) is 31.2 Å². The highest BCUT2D eigenvalue weighted by Gasteiger charge is 2.17. The van der Waals surface area contributed by atoms with Gasteiger partial charge in [-0.2, -0.15) is 0 Å². The molecule has 138 valence electrons. The maximum atomic E-state index is 12.5. The number of hydrogen-bond acceptors (Lipinski definition) is 3. The van der Waals surface area contributed by atoms with Crippen LogP contribution < -0.4 is 11.3 Å². The predicted molar refractivity (Wildman–Crippen MR) is 103 cm³/mol. The zero-order valence-corrected chi connectivity index (χ0v) is 16.0. The van der Waals surface area contributed by atoms with Crippen molar-refractivity contribution in [2.75, 3.05) is 13.6 Å². The Labute approximate surface area is 154 Å². The molecule has 1 aromatic heterocycles. The molecule has 3 N–H and O–H groups in total. The van der Waals surface area contributed by atoms with Gasteiger partial charge in [-0.1, -0.05) is 31.5 Å². The summed E-state index contributed by atoms with van der Waals surface area (Å²) in [7, 11) is 1.72. The number of H-pyrrole nitrogens is 1. The molecule has 25 heavy (non-hydrogen) atoms. The number of nitrogens with two attached hydrogens (primary N) is 1. The Bertz CT molecular complexity index is 749. The standard InChI is InChI=1S/C18H26N4O2.ClH/c1-12(2)15(19)9-10-21(4)18(24)16-11-17(23)22(20-16)14-7-5-13(3)6-8-14;/h5-8,11-12,15,20H,9-10,19H2,1-4H3;1H. The van der Waals surface area contributed by atoms with Gasteiger partial charge in [0.25, 0.3) is 11.5 Å². The molecule has 2 rings (SSSR count). The summed E-state index contributed by atoms with van der Waals surface area (Å²) in [6, 6.07) is 8.91. The number of aryl methyl sites for hydroxylation is 1. The van der Waals surface area contributed by atoms with Crippen molar-refractivity contribution >= 4 is 18.3 Å². The van der Waals surface area contributed by atoms with E-state index in [0.717, 1.165) is 12.0 Å². The van der Waals surface area contributed by atoms with Crippen LogP contribution in [0.5, 0.6) is 0 Å². The lowest BCUT2D eigenvalue weighted by Gasteiger charge is -2.21. The van der Waals surface area contributed by atoms with Gasteiger partial charge in [-0.25, -0.2) is 4.68 Å². The maximum Gasteiger partial charge on any atom is 0.271 e. The van der Waals surface area contributed by atoms with Gasteiger partial charge in [0.2, 0.25) is 0 Å². The Hall–Kier alpha value is -2.05. The number of halogens is 1. The molecule has 1 heterocycles. The summed E-state index contributed by atoms with van der Waals surface area (Å²) in [4.78, 5) is 26.2. The average Bonchev–Trinajstić information content (AvgIpc) is 2.93. The molecule has 0 fully saturated rings. The third kappa shape index (κ3) is 5.21. The molecule has 0 spiro atoms. The zero-order chi connectivity index (χ0) is 17.9. The average molecular weight is 367 g/mol. The van der Waals surface area contributed by atoms with E-state index in [1.165, 1.54) is 10.7 Å². The Morgan fingerprint density at radius 3 is 2.44 bits per heavy atom. The van der Waals surface area contributed by atoms with Crippen molar-refractivity contribution in [1.82, 2.24) is 14.7 Å². The quantitative estimate of drug-likeness (QED) is 0.822. The minimum Gasteiger partial charge on any atom is -0.340 e. The second-order valence-corrected chi connectivity index (χ2v) is 6.60. The molecule has 6 nitrogen and oxygen atoms in total. The van der Waals surface area contributed by atoms with Crippen LogP contribution in [0.1, 0.15) is 36.3 Å². The van der Waals surface area contributed by atoms with E-state index in [1.54, 1.807) is 11.9 Å². The molecule has 0 aliphatic rings. The van der Waals surface area contributed by atoms with Gasteiger partial charge in [-0.05, 0) is 31.4 Å². The zero-order valence-electron chi connectivity index (χ0n) is 15.2. The van der Waals surface area contributed by atoms with Crippen molar-refractivity contribution in [2.24, 2.45) is 11.7 Å². The molecule has 1 atom stereocenters. The van der Waals surface area contributed by atoms with Crippen LogP contribution in [0.3, 0.4) is 0 Å². The number of rotatable bonds is 6. The number of aromatic amines is 1. The van der Waals surface area contributed by atoms with Gasteiger partial charge in [0.15, 0.2) is 0 Å². The summed E-state index contributed by atoms with van der Waals surface area (Å²) in [6.45, 7) is 6.65. The van der Waals surface area contributed by atoms with Crippen molar-refractivity contribution in [1.29, 1.82) is 0 Å². The molecule has 0 aliphatic heterocycles. The molecule has 2 aromatic rings. The van der Waals surface area contributed by atoms with Crippen LogP contribution in [0.4, 0.5) is 0 Å². The summed E-state index contributed by atoms with van der Waals surface area (Å²) in [5.41, 5.74) is 7.85. The lowest BCUT2D eigenvalue weighted by Crippen LogP contribution is -2.34. The first-order valence-corrected chi connectivity index (χ1v) is 8.19. The monoisotopic (exact) mass is 366 g/mol. The Balaban J connectivity index is 0.00000312. The molecule has 0 radical (unpaired) electrons. The third-order valence-electron chi connectivity index (χ3n) is 4.24. The first-order valence-electron chi connectivity index (χ1n) is 8.19. The van der Waals surface area contributed by atoms with Crippen LogP contribution in [-0.2, 0) is 0 Å². The van der Waals surface area contributed by atoms with Crippen LogP contribution in [0.2, 0.25) is 0 Å². The molecule has 7 heteroatoms. The topological polar surface area (TPSA) is 84.1 Å². The van der Waals surface area contributed by atoms with Crippen LogP contribution in [0.25, 0.3) is 5.69 Å². The minimum absolute atomic E-state index is 0. The number of nitrogens with one attached hydrogen (secondary N) is 1. The first-order chi connectivity index (χ1) is 11.3. The van der Waals surface area contributed by atoms with Crippen LogP contribution in [0.15, 0.2) is 35.1 Å². The van der Waals surface area contributed by atoms with Crippen molar-refractivity contribution in [2.45, 2.75) is 33.2 Å². The fourth-order valence-electron chi connectivity index (χ4n) is 2.37. The molecule has 1 unspecified atom stereocenters. The van der Waals surface area contributed by atoms with E-state index in [2.05, 4.69) is 18.9 Å². The normalized spacial score (nSPS) is 11.9. The van der Waals surface area contributed by atoms with Gasteiger partial charge in [-0.3, -0.25) is 14.7 Å². The Morgan fingerprint density at radius 1 is 1.28 bits per heavy atom. The Kier molecular flexibility index (Phi) is 7.45. The van der Waals surface area contributed by atoms with Crippen molar-refractivity contribution in [3.8, 4) is 5.69 Å². The maximum absolute atomic E-state index is 12.5. The first kappa shape index (κ1) is 21.0. The molecular weight excluding hydrogens is 340 g/mol. The van der Waals surface area contributed by atoms with Crippen LogP contribution in [-0.4, -0.2) is 40.2 Å². The van der Waals surface area contributed by atoms with Crippen LogP contribution in [0, 0.1) is 12.8 Å². The highest BCUT2D eigenvalue weighted by Crippen LogP contribution is 2.09. The summed E-state index contributed by atoms with van der Waals surface area (Å²) < 4.78 is 1.38. The summed E-state index contributed by atoms with van der Waals surface area (Å²) in [5, 5.41) is 2.89. The fourth-order valence-corrected chi connectivity index (χ4v) is 2.37. The Morgan fingerprint density at radius 2 is 1.88 bits per heavy atom.